The van der Waals surface area contributed by atoms with E-state index in [4.69, 9.17) is 24.3 Å². The van der Waals surface area contributed by atoms with Crippen LogP contribution in [0.15, 0.2) is 48.8 Å². The molecule has 0 saturated heterocycles. The first-order valence-corrected chi connectivity index (χ1v) is 21.6. The number of ether oxygens (including phenoxy) is 2. The largest absolute Gasteiger partial charge is 0.492 e. The summed E-state index contributed by atoms with van der Waals surface area (Å²) in [4.78, 5) is 33.9. The molecule has 296 valence electrons. The zero-order chi connectivity index (χ0) is 37.5. The van der Waals surface area contributed by atoms with Gasteiger partial charge in [0.1, 0.15) is 6.61 Å². The molecule has 0 aromatic rings. The average molecular weight is 740 g/mol. The molecular weight excluding hydrogens is 665 g/mol. The molecular formula is C41H74NO8P. The topological polar surface area (TPSA) is 134 Å². The highest BCUT2D eigenvalue weighted by Gasteiger charge is 2.24. The standard InChI is InChI=1S/C41H74NO8P/c1-3-5-7-8-9-10-11-12-13-14-15-16-20-23-26-30-35-47-40(38-50-51(45,46)49-36-34-42)37-48-41(44)33-29-25-22-19-17-18-21-24-28-32-39(43)31-27-6-4-2/h12-13,21,24,28,30,32,35,40H,3-11,14-20,22-23,25-27,29,31,33-34,36-38,42H2,1-2H3,(H,45,46)/b13-12-,24-21-,32-28+,35-30+/t40-/m1/s1. The van der Waals surface area contributed by atoms with Gasteiger partial charge in [-0.05, 0) is 76.4 Å². The predicted molar refractivity (Wildman–Crippen MR) is 210 cm³/mol. The molecule has 0 fully saturated rings. The van der Waals surface area contributed by atoms with E-state index >= 15 is 0 Å². The maximum atomic E-state index is 12.4. The van der Waals surface area contributed by atoms with Crippen molar-refractivity contribution in [3.63, 3.8) is 0 Å². The monoisotopic (exact) mass is 740 g/mol. The van der Waals surface area contributed by atoms with Crippen molar-refractivity contribution in [2.45, 2.75) is 174 Å². The van der Waals surface area contributed by atoms with E-state index in [1.54, 1.807) is 12.3 Å². The fourth-order valence-corrected chi connectivity index (χ4v) is 5.96. The SMILES string of the molecule is CCCCCCCC/C=C\CCCCCC/C=C/O[C@H](COC(=O)CCCCCCC/C=C\C=C\C(=O)CCCCC)COP(=O)(O)OCCN. The third kappa shape index (κ3) is 37.5. The Kier molecular flexibility index (Phi) is 36.2. The summed E-state index contributed by atoms with van der Waals surface area (Å²) in [5.74, 6) is -0.150. The Bertz CT molecular complexity index is 981. The quantitative estimate of drug-likeness (QED) is 0.0121. The average Bonchev–Trinajstić information content (AvgIpc) is 3.11. The van der Waals surface area contributed by atoms with Gasteiger partial charge in [-0.25, -0.2) is 4.57 Å². The van der Waals surface area contributed by atoms with Gasteiger partial charge in [-0.1, -0.05) is 121 Å². The summed E-state index contributed by atoms with van der Waals surface area (Å²) >= 11 is 0. The van der Waals surface area contributed by atoms with Crippen LogP contribution in [0.5, 0.6) is 0 Å². The summed E-state index contributed by atoms with van der Waals surface area (Å²) in [7, 11) is -4.29. The third-order valence-corrected chi connectivity index (χ3v) is 9.27. The Morgan fingerprint density at radius 1 is 0.647 bits per heavy atom. The molecule has 0 aromatic heterocycles. The molecule has 0 spiro atoms. The number of rotatable bonds is 38. The molecule has 0 aromatic carbocycles. The van der Waals surface area contributed by atoms with Crippen molar-refractivity contribution in [2.24, 2.45) is 5.73 Å². The fraction of sp³-hybridized carbons (Fsp3) is 0.756. The number of carbonyl (C=O) groups excluding carboxylic acids is 2. The van der Waals surface area contributed by atoms with Crippen LogP contribution in [0.25, 0.3) is 0 Å². The van der Waals surface area contributed by atoms with Crippen molar-refractivity contribution in [2.75, 3.05) is 26.4 Å². The highest BCUT2D eigenvalue weighted by Crippen LogP contribution is 2.43. The molecule has 0 aliphatic heterocycles. The van der Waals surface area contributed by atoms with E-state index in [1.165, 1.54) is 57.8 Å². The molecule has 1 unspecified atom stereocenters. The number of ketones is 1. The Morgan fingerprint density at radius 3 is 1.80 bits per heavy atom. The molecule has 2 atom stereocenters. The lowest BCUT2D eigenvalue weighted by Crippen LogP contribution is -2.25. The van der Waals surface area contributed by atoms with E-state index in [-0.39, 0.29) is 38.1 Å². The minimum Gasteiger partial charge on any atom is -0.492 e. The summed E-state index contributed by atoms with van der Waals surface area (Å²) in [6.07, 6.45) is 40.6. The first-order chi connectivity index (χ1) is 24.8. The zero-order valence-electron chi connectivity index (χ0n) is 32.3. The molecule has 0 amide bonds. The van der Waals surface area contributed by atoms with Gasteiger partial charge in [0.25, 0.3) is 0 Å². The van der Waals surface area contributed by atoms with Gasteiger partial charge < -0.3 is 20.1 Å². The summed E-state index contributed by atoms with van der Waals surface area (Å²) in [6.45, 7) is 3.98. The maximum absolute atomic E-state index is 12.4. The molecule has 9 nitrogen and oxygen atoms in total. The highest BCUT2D eigenvalue weighted by molar-refractivity contribution is 7.47. The molecule has 0 rings (SSSR count). The number of phosphoric ester groups is 1. The van der Waals surface area contributed by atoms with Crippen LogP contribution in [0.2, 0.25) is 0 Å². The van der Waals surface area contributed by atoms with Crippen LogP contribution in [0.4, 0.5) is 0 Å². The molecule has 3 N–H and O–H groups in total. The van der Waals surface area contributed by atoms with Crippen molar-refractivity contribution in [3.05, 3.63) is 48.8 Å². The fourth-order valence-electron chi connectivity index (χ4n) is 5.19. The Hall–Kier alpha value is -2.03. The number of esters is 1. The van der Waals surface area contributed by atoms with Crippen LogP contribution < -0.4 is 5.73 Å². The maximum Gasteiger partial charge on any atom is 0.472 e. The molecule has 0 heterocycles. The van der Waals surface area contributed by atoms with E-state index < -0.39 is 13.9 Å². The minimum absolute atomic E-state index is 0.0846. The van der Waals surface area contributed by atoms with Crippen molar-refractivity contribution in [1.29, 1.82) is 0 Å². The van der Waals surface area contributed by atoms with Crippen molar-refractivity contribution >= 4 is 19.6 Å². The molecule has 0 radical (unpaired) electrons. The molecule has 0 aliphatic carbocycles. The Labute approximate surface area is 311 Å². The lowest BCUT2D eigenvalue weighted by molar-refractivity contribution is -0.147. The van der Waals surface area contributed by atoms with Gasteiger partial charge in [0.2, 0.25) is 0 Å². The molecule has 0 saturated carbocycles. The van der Waals surface area contributed by atoms with E-state index in [0.29, 0.717) is 12.8 Å². The van der Waals surface area contributed by atoms with E-state index in [1.807, 2.05) is 18.2 Å². The van der Waals surface area contributed by atoms with E-state index in [0.717, 1.165) is 83.5 Å². The number of hydrogen-bond acceptors (Lipinski definition) is 8. The smallest absolute Gasteiger partial charge is 0.472 e. The highest BCUT2D eigenvalue weighted by atomic mass is 31.2. The van der Waals surface area contributed by atoms with Crippen LogP contribution in [-0.2, 0) is 32.7 Å². The minimum atomic E-state index is -4.29. The van der Waals surface area contributed by atoms with Crippen LogP contribution >= 0.6 is 7.82 Å². The van der Waals surface area contributed by atoms with Crippen LogP contribution in [0.1, 0.15) is 168 Å². The number of unbranched alkanes of at least 4 members (excludes halogenated alkanes) is 18. The summed E-state index contributed by atoms with van der Waals surface area (Å²) in [5, 5.41) is 0. The predicted octanol–water partition coefficient (Wildman–Crippen LogP) is 11.2. The van der Waals surface area contributed by atoms with Crippen LogP contribution in [0.3, 0.4) is 0 Å². The number of hydrogen-bond donors (Lipinski definition) is 2. The van der Waals surface area contributed by atoms with Gasteiger partial charge in [-0.3, -0.25) is 18.6 Å². The molecule has 0 aliphatic rings. The molecule has 51 heavy (non-hydrogen) atoms. The number of allylic oxidation sites excluding steroid dienone is 7. The summed E-state index contributed by atoms with van der Waals surface area (Å²) in [6, 6.07) is 0. The lowest BCUT2D eigenvalue weighted by Gasteiger charge is -2.19. The zero-order valence-corrected chi connectivity index (χ0v) is 33.2. The van der Waals surface area contributed by atoms with Crippen LogP contribution in [0, 0.1) is 0 Å². The van der Waals surface area contributed by atoms with Gasteiger partial charge in [-0.15, -0.1) is 0 Å². The van der Waals surface area contributed by atoms with Crippen LogP contribution in [-0.4, -0.2) is 49.1 Å². The van der Waals surface area contributed by atoms with Gasteiger partial charge in [0.05, 0.1) is 19.5 Å². The van der Waals surface area contributed by atoms with Gasteiger partial charge in [0.15, 0.2) is 11.9 Å². The lowest BCUT2D eigenvalue weighted by atomic mass is 10.1. The van der Waals surface area contributed by atoms with Crippen molar-refractivity contribution in [3.8, 4) is 0 Å². The third-order valence-electron chi connectivity index (χ3n) is 8.28. The first kappa shape index (κ1) is 49.0. The Balaban J connectivity index is 4.21. The van der Waals surface area contributed by atoms with Gasteiger partial charge in [-0.2, -0.15) is 0 Å². The second kappa shape index (κ2) is 37.7. The first-order valence-electron chi connectivity index (χ1n) is 20.1. The van der Waals surface area contributed by atoms with Crippen molar-refractivity contribution < 1.29 is 37.6 Å². The van der Waals surface area contributed by atoms with E-state index in [9.17, 15) is 19.0 Å². The number of phosphoric acid groups is 1. The van der Waals surface area contributed by atoms with Gasteiger partial charge >= 0.3 is 13.8 Å². The van der Waals surface area contributed by atoms with E-state index in [2.05, 4.69) is 32.1 Å². The number of nitrogens with two attached hydrogens (primary N) is 1. The normalized spacial score (nSPS) is 13.9. The second-order valence-corrected chi connectivity index (χ2v) is 14.7. The molecule has 10 heteroatoms. The summed E-state index contributed by atoms with van der Waals surface area (Å²) in [5.41, 5.74) is 5.35. The molecule has 0 bridgehead atoms. The summed E-state index contributed by atoms with van der Waals surface area (Å²) < 4.78 is 33.1. The van der Waals surface area contributed by atoms with Gasteiger partial charge in [0, 0.05) is 19.4 Å². The van der Waals surface area contributed by atoms with Crippen molar-refractivity contribution in [1.82, 2.24) is 0 Å². The Morgan fingerprint density at radius 2 is 1.18 bits per heavy atom. The second-order valence-electron chi connectivity index (χ2n) is 13.2. The number of carbonyl (C=O) groups is 2.